The molecule has 4 nitrogen and oxygen atoms in total. The number of halogens is 1. The van der Waals surface area contributed by atoms with Crippen molar-refractivity contribution in [3.05, 3.63) is 23.5 Å². The normalized spacial score (nSPS) is 13.8. The molecule has 0 aliphatic rings. The highest BCUT2D eigenvalue weighted by molar-refractivity contribution is 5.93. The molecule has 110 valence electrons. The highest BCUT2D eigenvalue weighted by atomic mass is 35.5. The maximum atomic E-state index is 12.2. The number of nitrogens with zero attached hydrogens (tertiary/aromatic N) is 1. The standard InChI is InChI=1S/C14H25N3O.ClH/c1-10(2)8-14(4,9-15)16-13(18)12-7-6-11(3)17(12)5;/h6-7,10H,8-9,15H2,1-5H3,(H,16,18);1H. The van der Waals surface area contributed by atoms with E-state index in [0.29, 0.717) is 18.2 Å². The molecule has 1 heterocycles. The van der Waals surface area contributed by atoms with Gasteiger partial charge in [-0.25, -0.2) is 0 Å². The van der Waals surface area contributed by atoms with Crippen LogP contribution in [-0.4, -0.2) is 22.6 Å². The van der Waals surface area contributed by atoms with E-state index in [4.69, 9.17) is 5.73 Å². The maximum Gasteiger partial charge on any atom is 0.268 e. The Hall–Kier alpha value is -1.00. The van der Waals surface area contributed by atoms with E-state index in [9.17, 15) is 4.79 Å². The minimum absolute atomic E-state index is 0. The fourth-order valence-corrected chi connectivity index (χ4v) is 2.27. The lowest BCUT2D eigenvalue weighted by Gasteiger charge is -2.31. The number of aryl methyl sites for hydroxylation is 1. The van der Waals surface area contributed by atoms with Crippen LogP contribution in [0.2, 0.25) is 0 Å². The van der Waals surface area contributed by atoms with Crippen LogP contribution < -0.4 is 11.1 Å². The van der Waals surface area contributed by atoms with Crippen molar-refractivity contribution < 1.29 is 4.79 Å². The number of hydrogen-bond acceptors (Lipinski definition) is 2. The number of rotatable bonds is 5. The molecular formula is C14H26ClN3O. The SMILES string of the molecule is Cc1ccc(C(=O)NC(C)(CN)CC(C)C)n1C.Cl. The highest BCUT2D eigenvalue weighted by Gasteiger charge is 2.27. The molecule has 3 N–H and O–H groups in total. The van der Waals surface area contributed by atoms with Crippen LogP contribution in [-0.2, 0) is 7.05 Å². The lowest BCUT2D eigenvalue weighted by atomic mass is 9.90. The van der Waals surface area contributed by atoms with Crippen LogP contribution in [0.3, 0.4) is 0 Å². The Balaban J connectivity index is 0.00000324. The third-order valence-corrected chi connectivity index (χ3v) is 3.33. The number of carbonyl (C=O) groups excluding carboxylic acids is 1. The topological polar surface area (TPSA) is 60.1 Å². The lowest BCUT2D eigenvalue weighted by molar-refractivity contribution is 0.0889. The van der Waals surface area contributed by atoms with Crippen LogP contribution in [0.1, 0.15) is 43.4 Å². The van der Waals surface area contributed by atoms with Crippen molar-refractivity contribution in [3.63, 3.8) is 0 Å². The number of carbonyl (C=O) groups is 1. The summed E-state index contributed by atoms with van der Waals surface area (Å²) in [6.45, 7) is 8.69. The van der Waals surface area contributed by atoms with Crippen LogP contribution >= 0.6 is 12.4 Å². The van der Waals surface area contributed by atoms with E-state index < -0.39 is 0 Å². The van der Waals surface area contributed by atoms with Crippen molar-refractivity contribution in [1.29, 1.82) is 0 Å². The first-order valence-electron chi connectivity index (χ1n) is 6.44. The molecule has 0 spiro atoms. The summed E-state index contributed by atoms with van der Waals surface area (Å²) in [5, 5.41) is 3.06. The molecule has 1 amide bonds. The van der Waals surface area contributed by atoms with E-state index in [1.54, 1.807) is 0 Å². The molecule has 0 saturated heterocycles. The van der Waals surface area contributed by atoms with Crippen molar-refractivity contribution in [1.82, 2.24) is 9.88 Å². The predicted molar refractivity (Wildman–Crippen MR) is 81.8 cm³/mol. The van der Waals surface area contributed by atoms with Gasteiger partial charge in [-0.3, -0.25) is 4.79 Å². The molecule has 0 saturated carbocycles. The Morgan fingerprint density at radius 1 is 1.47 bits per heavy atom. The molecule has 0 fully saturated rings. The number of amides is 1. The highest BCUT2D eigenvalue weighted by Crippen LogP contribution is 2.16. The molecule has 0 bridgehead atoms. The molecule has 1 unspecified atom stereocenters. The van der Waals surface area contributed by atoms with Gasteiger partial charge in [-0.15, -0.1) is 12.4 Å². The first-order valence-corrected chi connectivity index (χ1v) is 6.44. The largest absolute Gasteiger partial charge is 0.344 e. The molecule has 0 aliphatic heterocycles. The summed E-state index contributed by atoms with van der Waals surface area (Å²) >= 11 is 0. The van der Waals surface area contributed by atoms with Gasteiger partial charge in [0.25, 0.3) is 5.91 Å². The quantitative estimate of drug-likeness (QED) is 0.873. The summed E-state index contributed by atoms with van der Waals surface area (Å²) in [6, 6.07) is 3.79. The Bertz CT molecular complexity index is 428. The van der Waals surface area contributed by atoms with E-state index in [0.717, 1.165) is 12.1 Å². The minimum atomic E-state index is -0.344. The fraction of sp³-hybridized carbons (Fsp3) is 0.643. The summed E-state index contributed by atoms with van der Waals surface area (Å²) in [5.74, 6) is 0.438. The van der Waals surface area contributed by atoms with Gasteiger partial charge in [-0.05, 0) is 38.3 Å². The molecular weight excluding hydrogens is 262 g/mol. The van der Waals surface area contributed by atoms with Crippen molar-refractivity contribution in [2.75, 3.05) is 6.54 Å². The number of aromatic nitrogens is 1. The van der Waals surface area contributed by atoms with E-state index in [1.807, 2.05) is 37.6 Å². The van der Waals surface area contributed by atoms with Crippen molar-refractivity contribution in [3.8, 4) is 0 Å². The molecule has 1 aromatic heterocycles. The Morgan fingerprint density at radius 3 is 2.42 bits per heavy atom. The second kappa shape index (κ2) is 6.96. The van der Waals surface area contributed by atoms with Crippen molar-refractivity contribution in [2.45, 2.75) is 39.7 Å². The fourth-order valence-electron chi connectivity index (χ4n) is 2.27. The van der Waals surface area contributed by atoms with E-state index in [-0.39, 0.29) is 23.9 Å². The van der Waals surface area contributed by atoms with Crippen molar-refractivity contribution in [2.24, 2.45) is 18.7 Å². The number of nitrogens with one attached hydrogen (secondary N) is 1. The lowest BCUT2D eigenvalue weighted by Crippen LogP contribution is -2.52. The molecule has 0 aliphatic carbocycles. The molecule has 5 heteroatoms. The van der Waals surface area contributed by atoms with Gasteiger partial charge < -0.3 is 15.6 Å². The van der Waals surface area contributed by atoms with Crippen LogP contribution in [0, 0.1) is 12.8 Å². The van der Waals surface area contributed by atoms with Gasteiger partial charge in [0.1, 0.15) is 5.69 Å². The zero-order valence-electron chi connectivity index (χ0n) is 12.5. The first kappa shape index (κ1) is 18.0. The third-order valence-electron chi connectivity index (χ3n) is 3.33. The van der Waals surface area contributed by atoms with E-state index in [2.05, 4.69) is 19.2 Å². The molecule has 1 aromatic rings. The van der Waals surface area contributed by atoms with Crippen molar-refractivity contribution >= 4 is 18.3 Å². The zero-order chi connectivity index (χ0) is 13.9. The third kappa shape index (κ3) is 4.55. The minimum Gasteiger partial charge on any atom is -0.344 e. The van der Waals surface area contributed by atoms with Crippen LogP contribution in [0.15, 0.2) is 12.1 Å². The van der Waals surface area contributed by atoms with E-state index >= 15 is 0 Å². The monoisotopic (exact) mass is 287 g/mol. The summed E-state index contributed by atoms with van der Waals surface area (Å²) in [7, 11) is 1.90. The van der Waals surface area contributed by atoms with Gasteiger partial charge in [0.05, 0.1) is 5.54 Å². The average molecular weight is 288 g/mol. The van der Waals surface area contributed by atoms with E-state index in [1.165, 1.54) is 0 Å². The second-order valence-corrected chi connectivity index (χ2v) is 5.74. The molecule has 1 rings (SSSR count). The van der Waals surface area contributed by atoms with Gasteiger partial charge in [0.15, 0.2) is 0 Å². The first-order chi connectivity index (χ1) is 8.29. The second-order valence-electron chi connectivity index (χ2n) is 5.74. The Kier molecular flexibility index (Phi) is 6.60. The van der Waals surface area contributed by atoms with Crippen LogP contribution in [0.5, 0.6) is 0 Å². The molecule has 19 heavy (non-hydrogen) atoms. The summed E-state index contributed by atoms with van der Waals surface area (Å²) in [4.78, 5) is 12.2. The summed E-state index contributed by atoms with van der Waals surface area (Å²) < 4.78 is 1.89. The smallest absolute Gasteiger partial charge is 0.268 e. The number of hydrogen-bond donors (Lipinski definition) is 2. The van der Waals surface area contributed by atoms with Gasteiger partial charge in [0, 0.05) is 19.3 Å². The summed E-state index contributed by atoms with van der Waals surface area (Å²) in [6.07, 6.45) is 0.874. The van der Waals surface area contributed by atoms with Crippen LogP contribution in [0.4, 0.5) is 0 Å². The maximum absolute atomic E-state index is 12.2. The summed E-state index contributed by atoms with van der Waals surface area (Å²) in [5.41, 5.74) is 7.20. The van der Waals surface area contributed by atoms with Gasteiger partial charge in [-0.1, -0.05) is 13.8 Å². The zero-order valence-corrected chi connectivity index (χ0v) is 13.3. The predicted octanol–water partition coefficient (Wildman–Crippen LogP) is 2.25. The van der Waals surface area contributed by atoms with Gasteiger partial charge in [-0.2, -0.15) is 0 Å². The van der Waals surface area contributed by atoms with Gasteiger partial charge in [0.2, 0.25) is 0 Å². The molecule has 1 atom stereocenters. The Labute approximate surface area is 122 Å². The molecule has 0 aromatic carbocycles. The average Bonchev–Trinajstić information content (AvgIpc) is 2.58. The molecule has 0 radical (unpaired) electrons. The number of nitrogens with two attached hydrogens (primary N) is 1. The Morgan fingerprint density at radius 2 is 2.05 bits per heavy atom. The van der Waals surface area contributed by atoms with Crippen LogP contribution in [0.25, 0.3) is 0 Å². The van der Waals surface area contributed by atoms with Gasteiger partial charge >= 0.3 is 0 Å².